The van der Waals surface area contributed by atoms with Gasteiger partial charge in [0.1, 0.15) is 0 Å². The average Bonchev–Trinajstić information content (AvgIpc) is 1.62. The maximum absolute atomic E-state index is 10.0. The standard InChI is InChI=1S/4F2HO2P.4Li/c4*1-5(2,3)4;;;;/h4*(H,3,4);;;;/q;;;;4*+1/p-4. The van der Waals surface area contributed by atoms with Crippen LogP contribution in [0.5, 0.6) is 0 Å². The molecule has 0 heterocycles. The van der Waals surface area contributed by atoms with Gasteiger partial charge in [0, 0.05) is 0 Å². The number of halogens is 8. The molecule has 0 bridgehead atoms. The second kappa shape index (κ2) is 21.9. The van der Waals surface area contributed by atoms with Crippen LogP contribution in [0.1, 0.15) is 0 Å². The summed E-state index contributed by atoms with van der Waals surface area (Å²) in [5.41, 5.74) is 0. The van der Waals surface area contributed by atoms with Crippen LogP contribution in [0, 0.1) is 0 Å². The van der Waals surface area contributed by atoms with E-state index in [2.05, 4.69) is 0 Å². The number of rotatable bonds is 0. The van der Waals surface area contributed by atoms with Crippen molar-refractivity contribution in [3.05, 3.63) is 0 Å². The van der Waals surface area contributed by atoms with E-state index in [1.54, 1.807) is 0 Å². The van der Waals surface area contributed by atoms with Crippen molar-refractivity contribution in [1.82, 2.24) is 0 Å². The molecular weight excluding hydrogens is 432 g/mol. The zero-order valence-electron chi connectivity index (χ0n) is 12.1. The predicted molar refractivity (Wildman–Crippen MR) is 39.3 cm³/mol. The molecule has 8 nitrogen and oxygen atoms in total. The van der Waals surface area contributed by atoms with Crippen LogP contribution in [0.3, 0.4) is 0 Å². The summed E-state index contributed by atoms with van der Waals surface area (Å²) in [7, 11) is -23.6. The summed E-state index contributed by atoms with van der Waals surface area (Å²) in [4.78, 5) is 33.3. The van der Waals surface area contributed by atoms with Crippen LogP contribution in [0.2, 0.25) is 0 Å². The minimum atomic E-state index is -5.89. The molecule has 0 aromatic heterocycles. The van der Waals surface area contributed by atoms with Gasteiger partial charge in [0.2, 0.25) is 0 Å². The molecule has 0 radical (unpaired) electrons. The fourth-order valence-corrected chi connectivity index (χ4v) is 0. The monoisotopic (exact) mass is 432 g/mol. The Morgan fingerprint density at radius 3 is 0.375 bits per heavy atom. The molecule has 0 aliphatic heterocycles. The summed E-state index contributed by atoms with van der Waals surface area (Å²) in [6.45, 7) is 0. The maximum atomic E-state index is 10.0. The summed E-state index contributed by atoms with van der Waals surface area (Å²) >= 11 is 0. The van der Waals surface area contributed by atoms with Crippen molar-refractivity contribution >= 4 is 32.0 Å². The first-order valence-corrected chi connectivity index (χ1v) is 8.44. The Morgan fingerprint density at radius 2 is 0.375 bits per heavy atom. The second-order valence-corrected chi connectivity index (χ2v) is 4.97. The molecule has 0 saturated carbocycles. The van der Waals surface area contributed by atoms with Gasteiger partial charge < -0.3 is 19.6 Å². The summed E-state index contributed by atoms with van der Waals surface area (Å²) < 4.78 is 113. The van der Waals surface area contributed by atoms with Gasteiger partial charge in [0.15, 0.2) is 0 Å². The van der Waals surface area contributed by atoms with Crippen LogP contribution < -0.4 is 95.0 Å². The van der Waals surface area contributed by atoms with Gasteiger partial charge in [-0.2, -0.15) is 33.6 Å². The Hall–Kier alpha value is 2.59. The van der Waals surface area contributed by atoms with Gasteiger partial charge in [-0.3, -0.25) is 18.3 Å². The minimum absolute atomic E-state index is 0. The van der Waals surface area contributed by atoms with Gasteiger partial charge in [-0.1, -0.05) is 0 Å². The molecule has 0 amide bonds. The van der Waals surface area contributed by atoms with E-state index in [9.17, 15) is 33.6 Å². The third-order valence-corrected chi connectivity index (χ3v) is 0. The molecule has 0 aromatic carbocycles. The molecule has 0 unspecified atom stereocenters. The molecule has 0 aliphatic carbocycles. The van der Waals surface area contributed by atoms with E-state index in [-0.39, 0.29) is 75.4 Å². The van der Waals surface area contributed by atoms with E-state index in [1.165, 1.54) is 0 Å². The molecular formula is F8Li4O8P4. The third-order valence-electron chi connectivity index (χ3n) is 0. The van der Waals surface area contributed by atoms with Crippen molar-refractivity contribution in [2.75, 3.05) is 0 Å². The van der Waals surface area contributed by atoms with Gasteiger partial charge >= 0.3 is 107 Å². The molecule has 0 rings (SSSR count). The first-order chi connectivity index (χ1) is 8.00. The average molecular weight is 432 g/mol. The van der Waals surface area contributed by atoms with Crippen molar-refractivity contribution in [3.8, 4) is 0 Å². The molecule has 0 spiro atoms. The molecule has 0 fully saturated rings. The van der Waals surface area contributed by atoms with Gasteiger partial charge in [0.25, 0.3) is 0 Å². The normalized spacial score (nSPS) is 9.83. The van der Waals surface area contributed by atoms with E-state index in [0.29, 0.717) is 0 Å². The van der Waals surface area contributed by atoms with Gasteiger partial charge in [0.05, 0.1) is 0 Å². The fourth-order valence-electron chi connectivity index (χ4n) is 0. The van der Waals surface area contributed by atoms with Crippen molar-refractivity contribution < 1.29 is 147 Å². The smallest absolute Gasteiger partial charge is 0.749 e. The zero-order chi connectivity index (χ0) is 18.0. The SMILES string of the molecule is O=P([O-])(F)F.O=P([O-])(F)F.O=P([O-])(F)F.O=P([O-])(F)F.[Li+].[Li+].[Li+].[Li+]. The van der Waals surface area contributed by atoms with E-state index >= 15 is 0 Å². The summed E-state index contributed by atoms with van der Waals surface area (Å²) in [6, 6.07) is 0. The summed E-state index contributed by atoms with van der Waals surface area (Å²) in [6.07, 6.45) is 0. The van der Waals surface area contributed by atoms with Crippen molar-refractivity contribution in [3.63, 3.8) is 0 Å². The van der Waals surface area contributed by atoms with Crippen LogP contribution in [0.4, 0.5) is 33.6 Å². The van der Waals surface area contributed by atoms with E-state index in [1.807, 2.05) is 0 Å². The topological polar surface area (TPSA) is 161 Å². The maximum Gasteiger partial charge on any atom is 1.00 e. The largest absolute Gasteiger partial charge is 1.00 e. The summed E-state index contributed by atoms with van der Waals surface area (Å²) in [5, 5.41) is 0. The Balaban J connectivity index is -0.0000000225. The van der Waals surface area contributed by atoms with Crippen LogP contribution in [0.15, 0.2) is 0 Å². The Kier molecular flexibility index (Phi) is 45.9. The van der Waals surface area contributed by atoms with Crippen LogP contribution in [-0.4, -0.2) is 0 Å². The van der Waals surface area contributed by atoms with Crippen LogP contribution in [0.25, 0.3) is 0 Å². The van der Waals surface area contributed by atoms with Crippen molar-refractivity contribution in [2.45, 2.75) is 0 Å². The quantitative estimate of drug-likeness (QED) is 0.207. The van der Waals surface area contributed by atoms with Crippen LogP contribution in [-0.2, 0) is 18.3 Å². The number of hydrogen-bond acceptors (Lipinski definition) is 8. The van der Waals surface area contributed by atoms with Crippen molar-refractivity contribution in [1.29, 1.82) is 0 Å². The van der Waals surface area contributed by atoms with Gasteiger partial charge in [-0.05, 0) is 0 Å². The first-order valence-electron chi connectivity index (χ1n) is 2.81. The first kappa shape index (κ1) is 50.4. The molecule has 24 heavy (non-hydrogen) atoms. The predicted octanol–water partition coefficient (Wildman–Crippen LogP) is -10.4. The van der Waals surface area contributed by atoms with E-state index < -0.39 is 32.0 Å². The Morgan fingerprint density at radius 1 is 0.375 bits per heavy atom. The fraction of sp³-hybridized carbons (Fsp3) is 0. The zero-order valence-corrected chi connectivity index (χ0v) is 15.7. The molecule has 128 valence electrons. The van der Waals surface area contributed by atoms with E-state index in [4.69, 9.17) is 37.8 Å². The number of hydrogen-bond donors (Lipinski definition) is 0. The second-order valence-electron chi connectivity index (χ2n) is 1.66. The minimum Gasteiger partial charge on any atom is -0.749 e. The molecule has 0 N–H and O–H groups in total. The summed E-state index contributed by atoms with van der Waals surface area (Å²) in [5.74, 6) is 0. The van der Waals surface area contributed by atoms with Crippen LogP contribution >= 0.6 is 32.0 Å². The van der Waals surface area contributed by atoms with Crippen molar-refractivity contribution in [2.24, 2.45) is 0 Å². The molecule has 0 saturated heterocycles. The van der Waals surface area contributed by atoms with E-state index in [0.717, 1.165) is 0 Å². The Labute approximate surface area is 178 Å². The molecule has 24 heteroatoms. The molecule has 0 atom stereocenters. The molecule has 0 aromatic rings. The third kappa shape index (κ3) is 2040. The van der Waals surface area contributed by atoms with Gasteiger partial charge in [-0.25, -0.2) is 0 Å². The van der Waals surface area contributed by atoms with Gasteiger partial charge in [-0.15, -0.1) is 0 Å². The Bertz CT molecular complexity index is 311. The molecule has 0 aliphatic rings.